The van der Waals surface area contributed by atoms with E-state index in [0.717, 1.165) is 6.07 Å². The number of nitro groups is 1. The smallest absolute Gasteiger partial charge is 0.337 e. The highest BCUT2D eigenvalue weighted by Crippen LogP contribution is 2.33. The Kier molecular flexibility index (Phi) is 3.58. The van der Waals surface area contributed by atoms with Crippen LogP contribution >= 0.6 is 23.1 Å². The molecule has 0 amide bonds. The van der Waals surface area contributed by atoms with E-state index in [4.69, 9.17) is 5.11 Å². The normalized spacial score (nSPS) is 10.2. The third kappa shape index (κ3) is 2.66. The third-order valence-corrected chi connectivity index (χ3v) is 3.97. The van der Waals surface area contributed by atoms with Crippen LogP contribution in [-0.4, -0.2) is 21.0 Å². The maximum absolute atomic E-state index is 11.1. The summed E-state index contributed by atoms with van der Waals surface area (Å²) < 4.78 is 0.686. The summed E-state index contributed by atoms with van der Waals surface area (Å²) >= 11 is 2.55. The highest BCUT2D eigenvalue weighted by atomic mass is 32.2. The van der Waals surface area contributed by atoms with Crippen molar-refractivity contribution in [1.82, 2.24) is 4.98 Å². The maximum Gasteiger partial charge on any atom is 0.337 e. The summed E-state index contributed by atoms with van der Waals surface area (Å²) in [5.41, 5.74) is -0.333. The Bertz CT molecular complexity index is 598. The van der Waals surface area contributed by atoms with E-state index in [1.165, 1.54) is 35.2 Å². The molecule has 18 heavy (non-hydrogen) atoms. The fourth-order valence-electron chi connectivity index (χ4n) is 1.24. The van der Waals surface area contributed by atoms with Gasteiger partial charge in [0.25, 0.3) is 5.69 Å². The van der Waals surface area contributed by atoms with Crippen LogP contribution in [0, 0.1) is 10.1 Å². The second kappa shape index (κ2) is 5.15. The van der Waals surface area contributed by atoms with Gasteiger partial charge in [-0.2, -0.15) is 0 Å². The Hall–Kier alpha value is -1.93. The van der Waals surface area contributed by atoms with Crippen LogP contribution in [0.25, 0.3) is 0 Å². The summed E-state index contributed by atoms with van der Waals surface area (Å²) in [6.07, 6.45) is 1.61. The molecule has 8 heteroatoms. The second-order valence-corrected chi connectivity index (χ2v) is 5.33. The molecule has 0 saturated carbocycles. The largest absolute Gasteiger partial charge is 0.478 e. The molecule has 2 aromatic rings. The fraction of sp³-hybridized carbons (Fsp3) is 0. The van der Waals surface area contributed by atoms with Crippen LogP contribution in [0.2, 0.25) is 0 Å². The number of carbonyl (C=O) groups is 1. The Morgan fingerprint density at radius 3 is 2.83 bits per heavy atom. The molecule has 0 unspecified atom stereocenters. The van der Waals surface area contributed by atoms with Crippen LogP contribution in [0.15, 0.2) is 39.0 Å². The number of hydrogen-bond acceptors (Lipinski definition) is 6. The van der Waals surface area contributed by atoms with Gasteiger partial charge >= 0.3 is 5.97 Å². The fourth-order valence-corrected chi connectivity index (χ4v) is 2.92. The molecule has 0 spiro atoms. The summed E-state index contributed by atoms with van der Waals surface area (Å²) in [5, 5.41) is 21.4. The summed E-state index contributed by atoms with van der Waals surface area (Å²) in [6, 6.07) is 3.76. The van der Waals surface area contributed by atoms with Gasteiger partial charge in [-0.05, 0) is 6.07 Å². The zero-order valence-electron chi connectivity index (χ0n) is 8.77. The number of nitro benzene ring substituents is 1. The van der Waals surface area contributed by atoms with Crippen molar-refractivity contribution in [2.75, 3.05) is 0 Å². The molecule has 0 fully saturated rings. The first-order chi connectivity index (χ1) is 8.58. The van der Waals surface area contributed by atoms with E-state index in [0.29, 0.717) is 9.24 Å². The van der Waals surface area contributed by atoms with Gasteiger partial charge in [0.1, 0.15) is 0 Å². The van der Waals surface area contributed by atoms with Crippen LogP contribution in [0.1, 0.15) is 10.4 Å². The highest BCUT2D eigenvalue weighted by molar-refractivity contribution is 8.01. The minimum Gasteiger partial charge on any atom is -0.478 e. The number of carboxylic acids is 1. The molecular weight excluding hydrogens is 276 g/mol. The molecular formula is C10H6N2O4S2. The van der Waals surface area contributed by atoms with Gasteiger partial charge in [0.05, 0.1) is 10.5 Å². The molecule has 0 aliphatic heterocycles. The standard InChI is InChI=1S/C10H6N2O4S2/c13-9(14)7-5-6(12(15)16)1-2-8(7)18-10-11-3-4-17-10/h1-5H,(H,13,14). The van der Waals surface area contributed by atoms with E-state index >= 15 is 0 Å². The van der Waals surface area contributed by atoms with Crippen LogP contribution in [0.3, 0.4) is 0 Å². The summed E-state index contributed by atoms with van der Waals surface area (Å²) in [4.78, 5) is 25.5. The van der Waals surface area contributed by atoms with Crippen molar-refractivity contribution in [1.29, 1.82) is 0 Å². The Balaban J connectivity index is 2.40. The van der Waals surface area contributed by atoms with Crippen molar-refractivity contribution in [2.45, 2.75) is 9.24 Å². The van der Waals surface area contributed by atoms with Crippen molar-refractivity contribution >= 4 is 34.8 Å². The summed E-state index contributed by atoms with van der Waals surface area (Å²) in [5.74, 6) is -1.20. The average molecular weight is 282 g/mol. The van der Waals surface area contributed by atoms with Crippen LogP contribution in [0.5, 0.6) is 0 Å². The van der Waals surface area contributed by atoms with E-state index in [2.05, 4.69) is 4.98 Å². The van der Waals surface area contributed by atoms with Gasteiger partial charge in [0.15, 0.2) is 4.34 Å². The Morgan fingerprint density at radius 1 is 1.50 bits per heavy atom. The van der Waals surface area contributed by atoms with Crippen molar-refractivity contribution in [3.63, 3.8) is 0 Å². The highest BCUT2D eigenvalue weighted by Gasteiger charge is 2.17. The van der Waals surface area contributed by atoms with Crippen molar-refractivity contribution < 1.29 is 14.8 Å². The summed E-state index contributed by atoms with van der Waals surface area (Å²) in [7, 11) is 0. The van der Waals surface area contributed by atoms with Gasteiger partial charge in [0.2, 0.25) is 0 Å². The van der Waals surface area contributed by atoms with Gasteiger partial charge in [-0.3, -0.25) is 10.1 Å². The van der Waals surface area contributed by atoms with Gasteiger partial charge in [-0.15, -0.1) is 11.3 Å². The molecule has 0 aliphatic rings. The van der Waals surface area contributed by atoms with Crippen molar-refractivity contribution in [3.05, 3.63) is 45.5 Å². The van der Waals surface area contributed by atoms with E-state index in [9.17, 15) is 14.9 Å². The molecule has 6 nitrogen and oxygen atoms in total. The molecule has 0 atom stereocenters. The number of carboxylic acid groups (broad SMARTS) is 1. The second-order valence-electron chi connectivity index (χ2n) is 3.14. The number of hydrogen-bond donors (Lipinski definition) is 1. The number of benzene rings is 1. The molecule has 92 valence electrons. The summed E-state index contributed by atoms with van der Waals surface area (Å²) in [6.45, 7) is 0. The van der Waals surface area contributed by atoms with Crippen LogP contribution in [0.4, 0.5) is 5.69 Å². The molecule has 1 aromatic heterocycles. The van der Waals surface area contributed by atoms with Gasteiger partial charge in [-0.1, -0.05) is 11.8 Å². The predicted molar refractivity (Wildman–Crippen MR) is 66.3 cm³/mol. The van der Waals surface area contributed by atoms with Gasteiger partial charge < -0.3 is 5.11 Å². The number of rotatable bonds is 4. The number of thiazole rings is 1. The number of aromatic carboxylic acids is 1. The van der Waals surface area contributed by atoms with Gasteiger partial charge in [-0.25, -0.2) is 9.78 Å². The Labute approximate surface area is 109 Å². The van der Waals surface area contributed by atoms with E-state index in [-0.39, 0.29) is 11.3 Å². The molecule has 0 bridgehead atoms. The average Bonchev–Trinajstić information content (AvgIpc) is 2.81. The van der Waals surface area contributed by atoms with Crippen molar-refractivity contribution in [2.24, 2.45) is 0 Å². The lowest BCUT2D eigenvalue weighted by molar-refractivity contribution is -0.384. The quantitative estimate of drug-likeness (QED) is 0.684. The molecule has 1 N–H and O–H groups in total. The van der Waals surface area contributed by atoms with Gasteiger partial charge in [0, 0.05) is 28.6 Å². The number of nitrogens with zero attached hydrogens (tertiary/aromatic N) is 2. The van der Waals surface area contributed by atoms with Crippen molar-refractivity contribution in [3.8, 4) is 0 Å². The minimum atomic E-state index is -1.20. The SMILES string of the molecule is O=C(O)c1cc([N+](=O)[O-])ccc1Sc1nccs1. The molecule has 0 radical (unpaired) electrons. The molecule has 1 heterocycles. The molecule has 0 aliphatic carbocycles. The lowest BCUT2D eigenvalue weighted by Gasteiger charge is -2.03. The third-order valence-electron chi connectivity index (χ3n) is 2.01. The first-order valence-electron chi connectivity index (χ1n) is 4.67. The monoisotopic (exact) mass is 282 g/mol. The minimum absolute atomic E-state index is 0.0931. The van der Waals surface area contributed by atoms with Crippen LogP contribution < -0.4 is 0 Å². The van der Waals surface area contributed by atoms with E-state index in [1.54, 1.807) is 11.6 Å². The number of non-ortho nitro benzene ring substituents is 1. The lowest BCUT2D eigenvalue weighted by Crippen LogP contribution is -2.00. The molecule has 2 rings (SSSR count). The first kappa shape index (κ1) is 12.5. The van der Waals surface area contributed by atoms with E-state index < -0.39 is 10.9 Å². The number of aromatic nitrogens is 1. The van der Waals surface area contributed by atoms with E-state index in [1.807, 2.05) is 0 Å². The zero-order chi connectivity index (χ0) is 13.1. The topological polar surface area (TPSA) is 93.3 Å². The Morgan fingerprint density at radius 2 is 2.28 bits per heavy atom. The predicted octanol–water partition coefficient (Wildman–Crippen LogP) is 2.90. The molecule has 0 saturated heterocycles. The lowest BCUT2D eigenvalue weighted by atomic mass is 10.2. The van der Waals surface area contributed by atoms with Crippen LogP contribution in [-0.2, 0) is 0 Å². The first-order valence-corrected chi connectivity index (χ1v) is 6.36. The maximum atomic E-state index is 11.1. The molecule has 1 aromatic carbocycles. The zero-order valence-corrected chi connectivity index (χ0v) is 10.4.